The van der Waals surface area contributed by atoms with Crippen molar-refractivity contribution in [1.82, 2.24) is 4.90 Å². The Morgan fingerprint density at radius 1 is 0.784 bits per heavy atom. The van der Waals surface area contributed by atoms with Gasteiger partial charge in [0.15, 0.2) is 0 Å². The third-order valence-corrected chi connectivity index (χ3v) is 6.16. The molecule has 0 heterocycles. The quantitative estimate of drug-likeness (QED) is 0.286. The van der Waals surface area contributed by atoms with E-state index in [2.05, 4.69) is 0 Å². The SMILES string of the molecule is CC(C)(C)c1ccc(CN(CCc2cccc(C(F)(F)F)c2)C(=O)c2cc(Cl)ccc2C(F)(F)F)cc1. The van der Waals surface area contributed by atoms with Crippen LogP contribution in [0.1, 0.15) is 58.9 Å². The molecule has 37 heavy (non-hydrogen) atoms. The summed E-state index contributed by atoms with van der Waals surface area (Å²) >= 11 is 5.92. The number of nitrogens with zero attached hydrogens (tertiary/aromatic N) is 1. The van der Waals surface area contributed by atoms with Crippen molar-refractivity contribution < 1.29 is 31.1 Å². The molecule has 198 valence electrons. The van der Waals surface area contributed by atoms with E-state index >= 15 is 0 Å². The van der Waals surface area contributed by atoms with Gasteiger partial charge in [0, 0.05) is 18.1 Å². The lowest BCUT2D eigenvalue weighted by atomic mass is 9.87. The minimum Gasteiger partial charge on any atom is -0.334 e. The molecular weight excluding hydrogens is 516 g/mol. The van der Waals surface area contributed by atoms with Gasteiger partial charge in [-0.25, -0.2) is 0 Å². The normalized spacial score (nSPS) is 12.5. The number of alkyl halides is 6. The zero-order valence-electron chi connectivity index (χ0n) is 20.5. The predicted molar refractivity (Wildman–Crippen MR) is 131 cm³/mol. The molecule has 0 aliphatic heterocycles. The van der Waals surface area contributed by atoms with Gasteiger partial charge in [0.05, 0.1) is 16.7 Å². The first-order chi connectivity index (χ1) is 17.1. The van der Waals surface area contributed by atoms with E-state index < -0.39 is 35.0 Å². The molecule has 0 bridgehead atoms. The van der Waals surface area contributed by atoms with Gasteiger partial charge in [0.1, 0.15) is 0 Å². The Hall–Kier alpha value is -3.00. The minimum absolute atomic E-state index is 0.0116. The van der Waals surface area contributed by atoms with Gasteiger partial charge in [-0.3, -0.25) is 4.79 Å². The Morgan fingerprint density at radius 2 is 1.43 bits per heavy atom. The van der Waals surface area contributed by atoms with E-state index in [-0.39, 0.29) is 29.9 Å². The highest BCUT2D eigenvalue weighted by molar-refractivity contribution is 6.31. The van der Waals surface area contributed by atoms with Crippen LogP contribution < -0.4 is 0 Å². The van der Waals surface area contributed by atoms with Gasteiger partial charge in [0.2, 0.25) is 0 Å². The second-order valence-electron chi connectivity index (χ2n) is 9.81. The Balaban J connectivity index is 1.96. The number of halogens is 7. The first kappa shape index (κ1) is 28.6. The summed E-state index contributed by atoms with van der Waals surface area (Å²) in [6, 6.07) is 14.7. The molecule has 3 aromatic rings. The van der Waals surface area contributed by atoms with Crippen LogP contribution in [0.2, 0.25) is 5.02 Å². The van der Waals surface area contributed by atoms with E-state index in [4.69, 9.17) is 11.6 Å². The van der Waals surface area contributed by atoms with Crippen molar-refractivity contribution >= 4 is 17.5 Å². The second kappa shape index (κ2) is 10.8. The Labute approximate surface area is 216 Å². The summed E-state index contributed by atoms with van der Waals surface area (Å²) in [5.74, 6) is -0.915. The van der Waals surface area contributed by atoms with Crippen molar-refractivity contribution in [3.63, 3.8) is 0 Å². The molecule has 2 nitrogen and oxygen atoms in total. The van der Waals surface area contributed by atoms with Gasteiger partial charge in [-0.1, -0.05) is 74.8 Å². The minimum atomic E-state index is -4.79. The van der Waals surface area contributed by atoms with E-state index in [9.17, 15) is 31.1 Å². The average Bonchev–Trinajstić information content (AvgIpc) is 2.80. The fourth-order valence-corrected chi connectivity index (χ4v) is 4.03. The second-order valence-corrected chi connectivity index (χ2v) is 10.2. The van der Waals surface area contributed by atoms with Crippen LogP contribution >= 0.6 is 11.6 Å². The van der Waals surface area contributed by atoms with Crippen LogP contribution in [0.4, 0.5) is 26.3 Å². The molecule has 0 aromatic heterocycles. The molecule has 0 saturated carbocycles. The zero-order chi connectivity index (χ0) is 27.6. The molecule has 0 atom stereocenters. The smallest absolute Gasteiger partial charge is 0.334 e. The van der Waals surface area contributed by atoms with Crippen molar-refractivity contribution in [2.75, 3.05) is 6.54 Å². The van der Waals surface area contributed by atoms with Crippen molar-refractivity contribution in [3.05, 3.63) is 105 Å². The summed E-state index contributed by atoms with van der Waals surface area (Å²) in [6.45, 7) is 5.96. The average molecular weight is 542 g/mol. The third-order valence-electron chi connectivity index (χ3n) is 5.92. The van der Waals surface area contributed by atoms with Crippen molar-refractivity contribution in [3.8, 4) is 0 Å². The largest absolute Gasteiger partial charge is 0.417 e. The first-order valence-corrected chi connectivity index (χ1v) is 11.8. The number of hydrogen-bond acceptors (Lipinski definition) is 1. The van der Waals surface area contributed by atoms with Gasteiger partial charge in [-0.15, -0.1) is 0 Å². The number of benzene rings is 3. The molecule has 0 radical (unpaired) electrons. The van der Waals surface area contributed by atoms with E-state index in [1.54, 1.807) is 12.1 Å². The standard InChI is InChI=1S/C28H26ClF6NO/c1-26(2,3)20-9-7-19(8-10-20)17-36(14-13-18-5-4-6-21(15-18)27(30,31)32)25(37)23-16-22(29)11-12-24(23)28(33,34)35/h4-12,15-16H,13-14,17H2,1-3H3. The number of carbonyl (C=O) groups excluding carboxylic acids is 1. The van der Waals surface area contributed by atoms with Crippen LogP contribution in [0.15, 0.2) is 66.7 Å². The summed E-state index contributed by atoms with van der Waals surface area (Å²) in [6.07, 6.45) is -9.32. The fourth-order valence-electron chi connectivity index (χ4n) is 3.86. The molecule has 0 N–H and O–H groups in total. The van der Waals surface area contributed by atoms with Crippen LogP contribution in [0.3, 0.4) is 0 Å². The summed E-state index contributed by atoms with van der Waals surface area (Å²) in [7, 11) is 0. The molecule has 1 amide bonds. The third kappa shape index (κ3) is 7.51. The molecule has 0 saturated heterocycles. The Morgan fingerprint density at radius 3 is 2.00 bits per heavy atom. The van der Waals surface area contributed by atoms with E-state index in [0.29, 0.717) is 11.1 Å². The maximum atomic E-state index is 13.7. The van der Waals surface area contributed by atoms with E-state index in [1.165, 1.54) is 17.0 Å². The lowest BCUT2D eigenvalue weighted by Crippen LogP contribution is -2.34. The maximum Gasteiger partial charge on any atom is 0.417 e. The molecule has 0 unspecified atom stereocenters. The van der Waals surface area contributed by atoms with Gasteiger partial charge in [0.25, 0.3) is 5.91 Å². The fraction of sp³-hybridized carbons (Fsp3) is 0.321. The van der Waals surface area contributed by atoms with Crippen LogP contribution in [0, 0.1) is 0 Å². The topological polar surface area (TPSA) is 20.3 Å². The molecule has 9 heteroatoms. The van der Waals surface area contributed by atoms with Gasteiger partial charge < -0.3 is 4.90 Å². The predicted octanol–water partition coefficient (Wildman–Crippen LogP) is 8.56. The number of carbonyl (C=O) groups is 1. The van der Waals surface area contributed by atoms with Crippen molar-refractivity contribution in [2.45, 2.75) is 51.5 Å². The van der Waals surface area contributed by atoms with Crippen LogP contribution in [-0.4, -0.2) is 17.4 Å². The number of rotatable bonds is 6. The molecule has 0 fully saturated rings. The van der Waals surface area contributed by atoms with Gasteiger partial charge in [-0.05, 0) is 52.8 Å². The van der Waals surface area contributed by atoms with Gasteiger partial charge in [-0.2, -0.15) is 26.3 Å². The van der Waals surface area contributed by atoms with Crippen LogP contribution in [-0.2, 0) is 30.7 Å². The number of hydrogen-bond donors (Lipinski definition) is 0. The van der Waals surface area contributed by atoms with Crippen LogP contribution in [0.25, 0.3) is 0 Å². The van der Waals surface area contributed by atoms with Crippen molar-refractivity contribution in [2.24, 2.45) is 0 Å². The molecule has 3 aromatic carbocycles. The zero-order valence-corrected chi connectivity index (χ0v) is 21.2. The monoisotopic (exact) mass is 541 g/mol. The summed E-state index contributed by atoms with van der Waals surface area (Å²) < 4.78 is 80.4. The summed E-state index contributed by atoms with van der Waals surface area (Å²) in [5, 5.41) is -0.0382. The van der Waals surface area contributed by atoms with Crippen molar-refractivity contribution in [1.29, 1.82) is 0 Å². The highest BCUT2D eigenvalue weighted by atomic mass is 35.5. The molecule has 0 spiro atoms. The number of amides is 1. The Kier molecular flexibility index (Phi) is 8.32. The molecule has 0 aliphatic carbocycles. The van der Waals surface area contributed by atoms with Crippen LogP contribution in [0.5, 0.6) is 0 Å². The molecule has 3 rings (SSSR count). The molecule has 0 aliphatic rings. The first-order valence-electron chi connectivity index (χ1n) is 11.5. The molecular formula is C28H26ClF6NO. The maximum absolute atomic E-state index is 13.7. The highest BCUT2D eigenvalue weighted by Gasteiger charge is 2.36. The summed E-state index contributed by atoms with van der Waals surface area (Å²) in [5.41, 5.74) is -0.703. The van der Waals surface area contributed by atoms with E-state index in [0.717, 1.165) is 35.9 Å². The summed E-state index contributed by atoms with van der Waals surface area (Å²) in [4.78, 5) is 14.6. The van der Waals surface area contributed by atoms with Gasteiger partial charge >= 0.3 is 12.4 Å². The lowest BCUT2D eigenvalue weighted by Gasteiger charge is -2.26. The Bertz CT molecular complexity index is 1240. The highest BCUT2D eigenvalue weighted by Crippen LogP contribution is 2.34. The van der Waals surface area contributed by atoms with E-state index in [1.807, 2.05) is 32.9 Å². The lowest BCUT2D eigenvalue weighted by molar-refractivity contribution is -0.138.